The van der Waals surface area contributed by atoms with E-state index in [9.17, 15) is 42.3 Å². The molecule has 0 saturated carbocycles. The zero-order valence-corrected chi connectivity index (χ0v) is 26.7. The zero-order chi connectivity index (χ0) is 35.4. The summed E-state index contributed by atoms with van der Waals surface area (Å²) >= 11 is 0. The molecule has 48 heavy (non-hydrogen) atoms. The van der Waals surface area contributed by atoms with Gasteiger partial charge in [0.1, 0.15) is 0 Å². The van der Waals surface area contributed by atoms with Gasteiger partial charge >= 0.3 is 6.18 Å². The Kier molecular flexibility index (Phi) is 13.6. The van der Waals surface area contributed by atoms with Crippen LogP contribution in [0.2, 0.25) is 0 Å². The molecule has 0 aliphatic carbocycles. The van der Waals surface area contributed by atoms with Gasteiger partial charge in [-0.25, -0.2) is 0 Å². The van der Waals surface area contributed by atoms with Crippen LogP contribution in [-0.4, -0.2) is 58.8 Å². The molecule has 3 aromatic rings. The summed E-state index contributed by atoms with van der Waals surface area (Å²) < 4.78 is 39.6. The average Bonchev–Trinajstić information content (AvgIpc) is 3.06. The van der Waals surface area contributed by atoms with Crippen molar-refractivity contribution >= 4 is 29.3 Å². The number of primary amides is 1. The van der Waals surface area contributed by atoms with Crippen LogP contribution in [0.4, 0.5) is 13.2 Å². The summed E-state index contributed by atoms with van der Waals surface area (Å²) in [7, 11) is 0. The van der Waals surface area contributed by atoms with Gasteiger partial charge in [0.05, 0.1) is 12.1 Å². The monoisotopic (exact) mass is 667 g/mol. The molecule has 0 aliphatic rings. The SMILES string of the molecule is C[C@H](CC(=O)[C@H](Cc1ccccc1)NC(=O)[C@H](C)CC(=O)c1ccc(-c2ccccc2)cc1)C(=O)NC(CCC(N)=O)C(O)C(F)(F)F. The van der Waals surface area contributed by atoms with E-state index in [1.807, 2.05) is 42.5 Å². The Morgan fingerprint density at radius 3 is 1.83 bits per heavy atom. The Hall–Kier alpha value is -4.84. The van der Waals surface area contributed by atoms with E-state index in [4.69, 9.17) is 5.73 Å². The van der Waals surface area contributed by atoms with Crippen molar-refractivity contribution in [3.8, 4) is 11.1 Å². The number of aliphatic hydroxyl groups is 1. The molecular formula is C36H40F3N3O6. The van der Waals surface area contributed by atoms with Crippen LogP contribution in [0, 0.1) is 11.8 Å². The lowest BCUT2D eigenvalue weighted by atomic mass is 9.93. The standard InChI is InChI=1S/C36H40F3N3O6/c1-22(19-30(43)27-15-13-26(14-16-27)25-11-7-4-8-12-25)35(48)42-29(21-24-9-5-3-6-10-24)31(44)20-23(2)34(47)41-28(17-18-32(40)45)33(46)36(37,38)39/h3-16,22-23,28-29,33,46H,17-21H2,1-2H3,(H2,40,45)(H,41,47)(H,42,48)/t22-,23-,28?,29+,33?/m1/s1. The number of rotatable bonds is 17. The maximum atomic E-state index is 13.5. The maximum absolute atomic E-state index is 13.5. The third-order valence-corrected chi connectivity index (χ3v) is 7.94. The maximum Gasteiger partial charge on any atom is 0.416 e. The quantitative estimate of drug-likeness (QED) is 0.155. The van der Waals surface area contributed by atoms with Crippen molar-refractivity contribution in [1.82, 2.24) is 10.6 Å². The number of Topliss-reactive ketones (excluding diaryl/α,β-unsaturated/α-hetero) is 2. The van der Waals surface area contributed by atoms with E-state index in [2.05, 4.69) is 10.6 Å². The molecule has 0 fully saturated rings. The molecule has 5 atom stereocenters. The summed E-state index contributed by atoms with van der Waals surface area (Å²) in [6.45, 7) is 2.88. The van der Waals surface area contributed by atoms with E-state index in [0.29, 0.717) is 11.1 Å². The van der Waals surface area contributed by atoms with Crippen LogP contribution in [0.1, 0.15) is 55.5 Å². The number of benzene rings is 3. The third kappa shape index (κ3) is 11.4. The molecule has 0 aliphatic heterocycles. The minimum atomic E-state index is -5.08. The number of ketones is 2. The smallest absolute Gasteiger partial charge is 0.382 e. The predicted octanol–water partition coefficient (Wildman–Crippen LogP) is 4.56. The van der Waals surface area contributed by atoms with Gasteiger partial charge in [0.15, 0.2) is 17.7 Å². The number of carbonyl (C=O) groups excluding carboxylic acids is 5. The van der Waals surface area contributed by atoms with Gasteiger partial charge in [0.25, 0.3) is 0 Å². The highest BCUT2D eigenvalue weighted by Crippen LogP contribution is 2.25. The second-order valence-corrected chi connectivity index (χ2v) is 11.9. The highest BCUT2D eigenvalue weighted by atomic mass is 19.4. The van der Waals surface area contributed by atoms with E-state index in [-0.39, 0.29) is 18.6 Å². The van der Waals surface area contributed by atoms with Crippen LogP contribution in [-0.2, 0) is 25.6 Å². The van der Waals surface area contributed by atoms with Gasteiger partial charge in [-0.2, -0.15) is 13.2 Å². The highest BCUT2D eigenvalue weighted by molar-refractivity contribution is 5.99. The summed E-state index contributed by atoms with van der Waals surface area (Å²) in [6.07, 6.45) is -9.64. The van der Waals surface area contributed by atoms with E-state index in [1.165, 1.54) is 6.92 Å². The Morgan fingerprint density at radius 1 is 0.750 bits per heavy atom. The van der Waals surface area contributed by atoms with Gasteiger partial charge in [-0.1, -0.05) is 98.8 Å². The first kappa shape index (κ1) is 37.6. The summed E-state index contributed by atoms with van der Waals surface area (Å²) in [4.78, 5) is 63.7. The number of nitrogens with one attached hydrogen (secondary N) is 2. The van der Waals surface area contributed by atoms with Gasteiger partial charge in [-0.05, 0) is 29.5 Å². The fourth-order valence-corrected chi connectivity index (χ4v) is 5.07. The van der Waals surface area contributed by atoms with E-state index in [0.717, 1.165) is 11.1 Å². The molecule has 0 heterocycles. The third-order valence-electron chi connectivity index (χ3n) is 7.94. The van der Waals surface area contributed by atoms with Crippen molar-refractivity contribution in [3.63, 3.8) is 0 Å². The molecule has 0 bridgehead atoms. The fraction of sp³-hybridized carbons (Fsp3) is 0.361. The molecule has 3 rings (SSSR count). The van der Waals surface area contributed by atoms with E-state index in [1.54, 1.807) is 49.4 Å². The second-order valence-electron chi connectivity index (χ2n) is 11.9. The Balaban J connectivity index is 1.67. The summed E-state index contributed by atoms with van der Waals surface area (Å²) in [5, 5.41) is 14.5. The number of amides is 3. The molecule has 2 unspecified atom stereocenters. The van der Waals surface area contributed by atoms with E-state index < -0.39 is 79.0 Å². The summed E-state index contributed by atoms with van der Waals surface area (Å²) in [5.41, 5.74) is 8.09. The van der Waals surface area contributed by atoms with Crippen LogP contribution in [0.5, 0.6) is 0 Å². The molecule has 0 saturated heterocycles. The molecule has 3 amide bonds. The van der Waals surface area contributed by atoms with Crippen LogP contribution in [0.25, 0.3) is 11.1 Å². The van der Waals surface area contributed by atoms with Gasteiger partial charge in [0, 0.05) is 36.7 Å². The summed E-state index contributed by atoms with van der Waals surface area (Å²) in [6, 6.07) is 22.4. The van der Waals surface area contributed by atoms with Crippen LogP contribution in [0.15, 0.2) is 84.9 Å². The number of alkyl halides is 3. The minimum Gasteiger partial charge on any atom is -0.382 e. The Labute approximate surface area is 277 Å². The molecule has 256 valence electrons. The Morgan fingerprint density at radius 2 is 1.27 bits per heavy atom. The summed E-state index contributed by atoms with van der Waals surface area (Å²) in [5.74, 6) is -5.22. The predicted molar refractivity (Wildman–Crippen MR) is 173 cm³/mol. The average molecular weight is 668 g/mol. The van der Waals surface area contributed by atoms with Gasteiger partial charge in [-0.15, -0.1) is 0 Å². The van der Waals surface area contributed by atoms with Crippen LogP contribution in [0.3, 0.4) is 0 Å². The van der Waals surface area contributed by atoms with Crippen molar-refractivity contribution < 1.29 is 42.3 Å². The van der Waals surface area contributed by atoms with E-state index >= 15 is 0 Å². The first-order chi connectivity index (χ1) is 22.6. The van der Waals surface area contributed by atoms with Crippen LogP contribution >= 0.6 is 0 Å². The molecule has 5 N–H and O–H groups in total. The second kappa shape index (κ2) is 17.4. The number of hydrogen-bond acceptors (Lipinski definition) is 6. The van der Waals surface area contributed by atoms with Gasteiger partial charge < -0.3 is 21.5 Å². The number of halogens is 3. The van der Waals surface area contributed by atoms with Crippen molar-refractivity contribution in [3.05, 3.63) is 96.1 Å². The number of hydrogen-bond donors (Lipinski definition) is 4. The van der Waals surface area contributed by atoms with Crippen LogP contribution < -0.4 is 16.4 Å². The molecule has 12 heteroatoms. The lowest BCUT2D eigenvalue weighted by Gasteiger charge is -2.27. The molecular weight excluding hydrogens is 627 g/mol. The van der Waals surface area contributed by atoms with Crippen molar-refractivity contribution in [2.45, 2.75) is 70.3 Å². The largest absolute Gasteiger partial charge is 0.416 e. The fourth-order valence-electron chi connectivity index (χ4n) is 5.07. The van der Waals surface area contributed by atoms with Gasteiger partial charge in [0.2, 0.25) is 17.7 Å². The van der Waals surface area contributed by atoms with Crippen molar-refractivity contribution in [1.29, 1.82) is 0 Å². The first-order valence-corrected chi connectivity index (χ1v) is 15.5. The lowest BCUT2D eigenvalue weighted by Crippen LogP contribution is -2.52. The minimum absolute atomic E-state index is 0.0649. The molecule has 0 aromatic heterocycles. The molecule has 0 spiro atoms. The lowest BCUT2D eigenvalue weighted by molar-refractivity contribution is -0.213. The first-order valence-electron chi connectivity index (χ1n) is 15.5. The number of carbonyl (C=O) groups is 5. The number of nitrogens with two attached hydrogens (primary N) is 1. The topological polar surface area (TPSA) is 156 Å². The molecule has 9 nitrogen and oxygen atoms in total. The molecule has 0 radical (unpaired) electrons. The van der Waals surface area contributed by atoms with Gasteiger partial charge in [-0.3, -0.25) is 24.0 Å². The zero-order valence-electron chi connectivity index (χ0n) is 26.7. The van der Waals surface area contributed by atoms with Crippen molar-refractivity contribution in [2.75, 3.05) is 0 Å². The normalized spacial score (nSPS) is 14.5. The Bertz CT molecular complexity index is 1550. The van der Waals surface area contributed by atoms with Crippen molar-refractivity contribution in [2.24, 2.45) is 17.6 Å². The highest BCUT2D eigenvalue weighted by Gasteiger charge is 2.44. The molecule has 3 aromatic carbocycles. The number of aliphatic hydroxyl groups excluding tert-OH is 1.